The van der Waals surface area contributed by atoms with Crippen molar-refractivity contribution in [2.45, 2.75) is 19.1 Å². The maximum Gasteiger partial charge on any atom is 0.338 e. The number of carbonyl (C=O) groups is 1. The molecule has 8 heteroatoms. The van der Waals surface area contributed by atoms with E-state index in [1.807, 2.05) is 0 Å². The zero-order valence-corrected chi connectivity index (χ0v) is 17.2. The Bertz CT molecular complexity index is 1190. The van der Waals surface area contributed by atoms with Crippen LogP contribution in [0.5, 0.6) is 17.2 Å². The first-order valence-electron chi connectivity index (χ1n) is 9.29. The van der Waals surface area contributed by atoms with E-state index in [-0.39, 0.29) is 34.0 Å². The van der Waals surface area contributed by atoms with Crippen molar-refractivity contribution in [2.75, 3.05) is 14.2 Å². The molecule has 0 bridgehead atoms. The SMILES string of the molecule is C=C(C)C(O)C(OC(=O)c1ccc(O)c(OC)c1)c1c(OC)ccc2ccc(=O)oc12. The Hall–Kier alpha value is -3.78. The van der Waals surface area contributed by atoms with Gasteiger partial charge in [0.05, 0.1) is 25.3 Å². The Labute approximate surface area is 177 Å². The quantitative estimate of drug-likeness (QED) is 0.336. The maximum atomic E-state index is 12.9. The summed E-state index contributed by atoms with van der Waals surface area (Å²) < 4.78 is 21.4. The van der Waals surface area contributed by atoms with Crippen LogP contribution in [-0.2, 0) is 4.74 Å². The van der Waals surface area contributed by atoms with Crippen molar-refractivity contribution in [2.24, 2.45) is 0 Å². The van der Waals surface area contributed by atoms with Crippen LogP contribution in [0.15, 0.2) is 63.8 Å². The first-order chi connectivity index (χ1) is 14.8. The van der Waals surface area contributed by atoms with Crippen molar-refractivity contribution >= 4 is 16.9 Å². The molecule has 3 aromatic rings. The molecule has 3 rings (SSSR count). The third-order valence-electron chi connectivity index (χ3n) is 4.73. The fourth-order valence-corrected chi connectivity index (χ4v) is 3.11. The number of aliphatic hydroxyl groups excluding tert-OH is 1. The molecule has 1 aromatic heterocycles. The lowest BCUT2D eigenvalue weighted by atomic mass is 9.96. The summed E-state index contributed by atoms with van der Waals surface area (Å²) in [4.78, 5) is 24.8. The van der Waals surface area contributed by atoms with Crippen LogP contribution in [0.1, 0.15) is 28.9 Å². The number of aromatic hydroxyl groups is 1. The molecule has 2 atom stereocenters. The van der Waals surface area contributed by atoms with E-state index in [9.17, 15) is 19.8 Å². The Morgan fingerprint density at radius 3 is 2.39 bits per heavy atom. The molecule has 2 N–H and O–H groups in total. The minimum atomic E-state index is -1.33. The molecule has 31 heavy (non-hydrogen) atoms. The van der Waals surface area contributed by atoms with Gasteiger partial charge in [-0.2, -0.15) is 0 Å². The number of esters is 1. The van der Waals surface area contributed by atoms with Crippen LogP contribution in [0, 0.1) is 0 Å². The van der Waals surface area contributed by atoms with Crippen molar-refractivity contribution in [3.8, 4) is 17.2 Å². The zero-order chi connectivity index (χ0) is 22.7. The van der Waals surface area contributed by atoms with Crippen LogP contribution in [0.3, 0.4) is 0 Å². The summed E-state index contributed by atoms with van der Waals surface area (Å²) in [5, 5.41) is 21.1. The van der Waals surface area contributed by atoms with Crippen molar-refractivity contribution < 1.29 is 33.6 Å². The molecule has 0 spiro atoms. The number of phenols is 1. The van der Waals surface area contributed by atoms with E-state index in [1.54, 1.807) is 25.1 Å². The second-order valence-electron chi connectivity index (χ2n) is 6.86. The lowest BCUT2D eigenvalue weighted by molar-refractivity contribution is -0.00843. The molecule has 2 unspecified atom stereocenters. The van der Waals surface area contributed by atoms with E-state index in [1.165, 1.54) is 38.5 Å². The van der Waals surface area contributed by atoms with Crippen molar-refractivity contribution in [3.63, 3.8) is 0 Å². The van der Waals surface area contributed by atoms with Gasteiger partial charge in [0.1, 0.15) is 17.4 Å². The third kappa shape index (κ3) is 4.39. The summed E-state index contributed by atoms with van der Waals surface area (Å²) in [6, 6.07) is 10.1. The van der Waals surface area contributed by atoms with E-state index in [0.717, 1.165) is 0 Å². The first kappa shape index (κ1) is 21.9. The standard InChI is InChI=1S/C23H22O8/c1-12(2)20(26)22(31-23(27)14-5-8-15(24)17(11-14)29-4)19-16(28-3)9-6-13-7-10-18(25)30-21(13)19/h5-11,20,22,24,26H,1H2,2-4H3. The Kier molecular flexibility index (Phi) is 6.31. The second kappa shape index (κ2) is 8.93. The third-order valence-corrected chi connectivity index (χ3v) is 4.73. The number of fused-ring (bicyclic) bond motifs is 1. The number of aliphatic hydroxyl groups is 1. The van der Waals surface area contributed by atoms with Gasteiger partial charge >= 0.3 is 11.6 Å². The van der Waals surface area contributed by atoms with Gasteiger partial charge in [-0.3, -0.25) is 0 Å². The van der Waals surface area contributed by atoms with Gasteiger partial charge in [-0.15, -0.1) is 0 Å². The van der Waals surface area contributed by atoms with Crippen LogP contribution < -0.4 is 15.1 Å². The van der Waals surface area contributed by atoms with Gasteiger partial charge in [0.25, 0.3) is 0 Å². The van der Waals surface area contributed by atoms with Crippen LogP contribution in [0.4, 0.5) is 0 Å². The smallest absolute Gasteiger partial charge is 0.338 e. The molecule has 2 aromatic carbocycles. The first-order valence-corrected chi connectivity index (χ1v) is 9.29. The molecule has 1 heterocycles. The van der Waals surface area contributed by atoms with Gasteiger partial charge in [-0.25, -0.2) is 9.59 Å². The van der Waals surface area contributed by atoms with Gasteiger partial charge < -0.3 is 28.8 Å². The van der Waals surface area contributed by atoms with Gasteiger partial charge in [-0.05, 0) is 48.9 Å². The topological polar surface area (TPSA) is 115 Å². The molecule has 0 fully saturated rings. The molecular weight excluding hydrogens is 404 g/mol. The Balaban J connectivity index is 2.15. The molecule has 162 valence electrons. The number of rotatable bonds is 7. The molecule has 0 aliphatic carbocycles. The van der Waals surface area contributed by atoms with Crippen LogP contribution in [0.25, 0.3) is 11.0 Å². The highest BCUT2D eigenvalue weighted by atomic mass is 16.6. The highest BCUT2D eigenvalue weighted by Crippen LogP contribution is 2.38. The van der Waals surface area contributed by atoms with Crippen molar-refractivity contribution in [3.05, 3.63) is 76.2 Å². The Morgan fingerprint density at radius 1 is 1.06 bits per heavy atom. The number of hydrogen-bond donors (Lipinski definition) is 2. The number of phenolic OH excluding ortho intramolecular Hbond substituents is 1. The number of benzene rings is 2. The van der Waals surface area contributed by atoms with Crippen LogP contribution in [-0.4, -0.2) is 36.5 Å². The summed E-state index contributed by atoms with van der Waals surface area (Å²) in [5.41, 5.74) is 0.0911. The summed E-state index contributed by atoms with van der Waals surface area (Å²) in [6.07, 6.45) is -2.62. The largest absolute Gasteiger partial charge is 0.504 e. The van der Waals surface area contributed by atoms with Gasteiger partial charge in [-0.1, -0.05) is 6.58 Å². The molecule has 0 amide bonds. The average molecular weight is 426 g/mol. The van der Waals surface area contributed by atoms with Gasteiger partial charge in [0, 0.05) is 11.5 Å². The molecule has 0 radical (unpaired) electrons. The second-order valence-corrected chi connectivity index (χ2v) is 6.86. The van der Waals surface area contributed by atoms with E-state index in [4.69, 9.17) is 18.6 Å². The van der Waals surface area contributed by atoms with Gasteiger partial charge in [0.15, 0.2) is 17.6 Å². The fraction of sp³-hybridized carbons (Fsp3) is 0.217. The number of carbonyl (C=O) groups excluding carboxylic acids is 1. The number of ether oxygens (including phenoxy) is 3. The number of methoxy groups -OCH3 is 2. The zero-order valence-electron chi connectivity index (χ0n) is 17.2. The predicted octanol–water partition coefficient (Wildman–Crippen LogP) is 3.35. The molecule has 0 saturated heterocycles. The van der Waals surface area contributed by atoms with E-state index in [2.05, 4.69) is 6.58 Å². The van der Waals surface area contributed by atoms with Gasteiger partial charge in [0.2, 0.25) is 0 Å². The number of hydrogen-bond acceptors (Lipinski definition) is 8. The summed E-state index contributed by atoms with van der Waals surface area (Å²) >= 11 is 0. The highest BCUT2D eigenvalue weighted by molar-refractivity contribution is 5.91. The van der Waals surface area contributed by atoms with Crippen LogP contribution in [0.2, 0.25) is 0 Å². The van der Waals surface area contributed by atoms with Crippen LogP contribution >= 0.6 is 0 Å². The van der Waals surface area contributed by atoms with Crippen molar-refractivity contribution in [1.82, 2.24) is 0 Å². The fourth-order valence-electron chi connectivity index (χ4n) is 3.11. The van der Waals surface area contributed by atoms with E-state index < -0.39 is 23.8 Å². The molecular formula is C23H22O8. The molecule has 0 saturated carbocycles. The molecule has 0 aliphatic rings. The monoisotopic (exact) mass is 426 g/mol. The normalized spacial score (nSPS) is 12.8. The molecule has 0 aliphatic heterocycles. The summed E-state index contributed by atoms with van der Waals surface area (Å²) in [6.45, 7) is 5.32. The Morgan fingerprint density at radius 2 is 1.74 bits per heavy atom. The molecule has 8 nitrogen and oxygen atoms in total. The lowest BCUT2D eigenvalue weighted by Crippen LogP contribution is -2.26. The average Bonchev–Trinajstić information content (AvgIpc) is 2.76. The lowest BCUT2D eigenvalue weighted by Gasteiger charge is -2.26. The van der Waals surface area contributed by atoms with E-state index in [0.29, 0.717) is 11.0 Å². The summed E-state index contributed by atoms with van der Waals surface area (Å²) in [7, 11) is 2.75. The van der Waals surface area contributed by atoms with Crippen molar-refractivity contribution in [1.29, 1.82) is 0 Å². The predicted molar refractivity (Wildman–Crippen MR) is 113 cm³/mol. The maximum absolute atomic E-state index is 12.9. The minimum absolute atomic E-state index is 0.0780. The highest BCUT2D eigenvalue weighted by Gasteiger charge is 2.32. The minimum Gasteiger partial charge on any atom is -0.504 e. The van der Waals surface area contributed by atoms with E-state index >= 15 is 0 Å². The summed E-state index contributed by atoms with van der Waals surface area (Å²) in [5.74, 6) is -0.612.